The Morgan fingerprint density at radius 2 is 1.85 bits per heavy atom. The van der Waals surface area contributed by atoms with Gasteiger partial charge in [0.15, 0.2) is 0 Å². The van der Waals surface area contributed by atoms with Crippen LogP contribution >= 0.6 is 0 Å². The number of Topliss-reactive ketones (excluding diaryl/α,β-unsaturated/α-hetero) is 1. The lowest BCUT2D eigenvalue weighted by Gasteiger charge is -2.40. The number of nitrogens with zero attached hydrogens (tertiary/aromatic N) is 1. The highest BCUT2D eigenvalue weighted by atomic mass is 32.2. The van der Waals surface area contributed by atoms with Crippen LogP contribution in [0.3, 0.4) is 0 Å². The van der Waals surface area contributed by atoms with Gasteiger partial charge < -0.3 is 0 Å². The van der Waals surface area contributed by atoms with Crippen molar-refractivity contribution >= 4 is 15.8 Å². The first-order valence-electron chi connectivity index (χ1n) is 6.50. The Labute approximate surface area is 120 Å². The molecule has 0 radical (unpaired) electrons. The van der Waals surface area contributed by atoms with Gasteiger partial charge in [-0.2, -0.15) is 0 Å². The van der Waals surface area contributed by atoms with Crippen molar-refractivity contribution in [1.82, 2.24) is 4.31 Å². The van der Waals surface area contributed by atoms with Gasteiger partial charge >= 0.3 is 0 Å². The van der Waals surface area contributed by atoms with E-state index < -0.39 is 10.0 Å². The molecule has 2 rings (SSSR count). The number of carbonyl (C=O) groups is 1. The number of hydrogen-bond acceptors (Lipinski definition) is 3. The number of sulfonamides is 1. The fourth-order valence-corrected chi connectivity index (χ4v) is 3.91. The molecule has 5 heteroatoms. The minimum atomic E-state index is -3.59. The van der Waals surface area contributed by atoms with Gasteiger partial charge in [-0.15, -0.1) is 0 Å². The van der Waals surface area contributed by atoms with Crippen LogP contribution in [-0.2, 0) is 14.8 Å². The zero-order chi connectivity index (χ0) is 15.0. The van der Waals surface area contributed by atoms with Gasteiger partial charge in [0.2, 0.25) is 0 Å². The number of hydrogen-bond donors (Lipinski definition) is 0. The van der Waals surface area contributed by atoms with Crippen LogP contribution < -0.4 is 0 Å². The van der Waals surface area contributed by atoms with Gasteiger partial charge in [0, 0.05) is 25.6 Å². The molecule has 0 spiro atoms. The molecule has 4 nitrogen and oxygen atoms in total. The van der Waals surface area contributed by atoms with Crippen LogP contribution in [0.1, 0.15) is 25.3 Å². The smallest absolute Gasteiger partial charge is 0.263 e. The number of aryl methyl sites for hydroxylation is 1. The summed E-state index contributed by atoms with van der Waals surface area (Å²) in [7, 11) is -3.59. The quantitative estimate of drug-likeness (QED) is 0.838. The minimum absolute atomic E-state index is 0.184. The van der Waals surface area contributed by atoms with E-state index in [-0.39, 0.29) is 16.1 Å². The summed E-state index contributed by atoms with van der Waals surface area (Å²) >= 11 is 0. The minimum Gasteiger partial charge on any atom is -0.300 e. The Kier molecular flexibility index (Phi) is 3.73. The molecule has 0 heterocycles. The highest BCUT2D eigenvalue weighted by molar-refractivity contribution is 7.89. The third-order valence-corrected chi connectivity index (χ3v) is 5.38. The van der Waals surface area contributed by atoms with Gasteiger partial charge in [-0.1, -0.05) is 31.2 Å². The molecule has 0 aromatic heterocycles. The van der Waals surface area contributed by atoms with Crippen molar-refractivity contribution < 1.29 is 13.2 Å². The molecule has 1 aliphatic rings. The normalized spacial score (nSPS) is 17.4. The summed E-state index contributed by atoms with van der Waals surface area (Å²) < 4.78 is 26.3. The highest BCUT2D eigenvalue weighted by Crippen LogP contribution is 2.39. The third kappa shape index (κ3) is 2.77. The van der Waals surface area contributed by atoms with Crippen LogP contribution in [0.4, 0.5) is 0 Å². The molecule has 1 aliphatic carbocycles. The molecule has 108 valence electrons. The lowest BCUT2D eigenvalue weighted by atomic mass is 9.69. The molecule has 0 N–H and O–H groups in total. The van der Waals surface area contributed by atoms with E-state index in [1.165, 1.54) is 10.5 Å². The van der Waals surface area contributed by atoms with E-state index >= 15 is 0 Å². The van der Waals surface area contributed by atoms with Crippen molar-refractivity contribution in [2.75, 3.05) is 6.54 Å². The van der Waals surface area contributed by atoms with E-state index in [1.54, 1.807) is 24.3 Å². The standard InChI is InChI=1S/C15H19NO3S/c1-4-16(11-15(3)9-13(17)10-15)20(18,19)14-7-5-12(2)6-8-14/h4-8H,1,9-11H2,2-3H3. The van der Waals surface area contributed by atoms with E-state index in [0.29, 0.717) is 19.4 Å². The lowest BCUT2D eigenvalue weighted by Crippen LogP contribution is -2.44. The fraction of sp³-hybridized carbons (Fsp3) is 0.400. The first kappa shape index (κ1) is 14.8. The van der Waals surface area contributed by atoms with E-state index in [2.05, 4.69) is 6.58 Å². The van der Waals surface area contributed by atoms with Crippen LogP contribution in [0.15, 0.2) is 41.9 Å². The second-order valence-corrected chi connectivity index (χ2v) is 7.64. The first-order valence-corrected chi connectivity index (χ1v) is 7.94. The zero-order valence-electron chi connectivity index (χ0n) is 11.8. The Balaban J connectivity index is 2.24. The van der Waals surface area contributed by atoms with Gasteiger partial charge in [-0.05, 0) is 24.5 Å². The summed E-state index contributed by atoms with van der Waals surface area (Å²) in [6, 6.07) is 6.72. The summed E-state index contributed by atoms with van der Waals surface area (Å²) in [6.45, 7) is 7.72. The predicted octanol–water partition coefficient (Wildman–Crippen LogP) is 2.50. The average molecular weight is 293 g/mol. The molecule has 0 amide bonds. The van der Waals surface area contributed by atoms with E-state index in [1.807, 2.05) is 13.8 Å². The molecule has 0 atom stereocenters. The number of rotatable bonds is 5. The SMILES string of the molecule is C=CN(CC1(C)CC(=O)C1)S(=O)(=O)c1ccc(C)cc1. The van der Waals surface area contributed by atoms with Gasteiger partial charge in [-0.3, -0.25) is 9.10 Å². The summed E-state index contributed by atoms with van der Waals surface area (Å²) in [5, 5.41) is 0. The Morgan fingerprint density at radius 3 is 2.30 bits per heavy atom. The molecule has 0 aliphatic heterocycles. The van der Waals surface area contributed by atoms with Crippen LogP contribution in [0.5, 0.6) is 0 Å². The Morgan fingerprint density at radius 1 is 1.30 bits per heavy atom. The lowest BCUT2D eigenvalue weighted by molar-refractivity contribution is -0.131. The Bertz CT molecular complexity index is 624. The van der Waals surface area contributed by atoms with Gasteiger partial charge in [0.1, 0.15) is 5.78 Å². The second kappa shape index (κ2) is 5.05. The van der Waals surface area contributed by atoms with Crippen LogP contribution in [0, 0.1) is 12.3 Å². The first-order chi connectivity index (χ1) is 9.27. The summed E-state index contributed by atoms with van der Waals surface area (Å²) in [4.78, 5) is 11.4. The number of carbonyl (C=O) groups excluding carboxylic acids is 1. The second-order valence-electron chi connectivity index (χ2n) is 5.75. The van der Waals surface area contributed by atoms with Crippen molar-refractivity contribution in [3.8, 4) is 0 Å². The predicted molar refractivity (Wildman–Crippen MR) is 77.6 cm³/mol. The van der Waals surface area contributed by atoms with Crippen molar-refractivity contribution in [3.05, 3.63) is 42.6 Å². The largest absolute Gasteiger partial charge is 0.300 e. The van der Waals surface area contributed by atoms with Crippen molar-refractivity contribution in [3.63, 3.8) is 0 Å². The molecule has 1 saturated carbocycles. The Hall–Kier alpha value is -1.62. The monoisotopic (exact) mass is 293 g/mol. The van der Waals surface area contributed by atoms with Crippen molar-refractivity contribution in [1.29, 1.82) is 0 Å². The molecule has 1 fully saturated rings. The molecule has 1 aromatic carbocycles. The summed E-state index contributed by atoms with van der Waals surface area (Å²) in [5.74, 6) is 0.184. The van der Waals surface area contributed by atoms with Crippen molar-refractivity contribution in [2.45, 2.75) is 31.6 Å². The molecule has 1 aromatic rings. The molecular weight excluding hydrogens is 274 g/mol. The van der Waals surface area contributed by atoms with E-state index in [4.69, 9.17) is 0 Å². The zero-order valence-corrected chi connectivity index (χ0v) is 12.6. The van der Waals surface area contributed by atoms with E-state index in [0.717, 1.165) is 5.56 Å². The molecule has 20 heavy (non-hydrogen) atoms. The van der Waals surface area contributed by atoms with Gasteiger partial charge in [0.25, 0.3) is 10.0 Å². The van der Waals surface area contributed by atoms with Crippen molar-refractivity contribution in [2.24, 2.45) is 5.41 Å². The molecular formula is C15H19NO3S. The maximum Gasteiger partial charge on any atom is 0.263 e. The molecule has 0 unspecified atom stereocenters. The highest BCUT2D eigenvalue weighted by Gasteiger charge is 2.42. The topological polar surface area (TPSA) is 54.5 Å². The molecule has 0 saturated heterocycles. The summed E-state index contributed by atoms with van der Waals surface area (Å²) in [5.41, 5.74) is 0.730. The third-order valence-electron chi connectivity index (χ3n) is 3.62. The van der Waals surface area contributed by atoms with Crippen LogP contribution in [0.2, 0.25) is 0 Å². The van der Waals surface area contributed by atoms with Gasteiger partial charge in [0.05, 0.1) is 4.90 Å². The maximum absolute atomic E-state index is 12.5. The summed E-state index contributed by atoms with van der Waals surface area (Å²) in [6.07, 6.45) is 2.19. The number of benzene rings is 1. The van der Waals surface area contributed by atoms with Crippen LogP contribution in [0.25, 0.3) is 0 Å². The average Bonchev–Trinajstić information content (AvgIpc) is 2.34. The number of ketones is 1. The van der Waals surface area contributed by atoms with Gasteiger partial charge in [-0.25, -0.2) is 8.42 Å². The van der Waals surface area contributed by atoms with E-state index in [9.17, 15) is 13.2 Å². The molecule has 0 bridgehead atoms. The van der Waals surface area contributed by atoms with Crippen LogP contribution in [-0.4, -0.2) is 25.1 Å². The maximum atomic E-state index is 12.5. The fourth-order valence-electron chi connectivity index (χ4n) is 2.48.